The highest BCUT2D eigenvalue weighted by molar-refractivity contribution is 5.76. The van der Waals surface area contributed by atoms with Crippen molar-refractivity contribution < 1.29 is 4.79 Å². The molecule has 98 valence electrons. The Hall–Kier alpha value is -0.570. The van der Waals surface area contributed by atoms with E-state index in [0.29, 0.717) is 6.04 Å². The number of nitrogens with one attached hydrogen (secondary N) is 1. The predicted octanol–water partition coefficient (Wildman–Crippen LogP) is 2.20. The summed E-state index contributed by atoms with van der Waals surface area (Å²) in [7, 11) is 0. The number of hydrogen-bond donors (Lipinski definition) is 2. The minimum atomic E-state index is -0.102. The molecular weight excluding hydrogens is 212 g/mol. The van der Waals surface area contributed by atoms with Crippen molar-refractivity contribution in [1.82, 2.24) is 5.32 Å². The van der Waals surface area contributed by atoms with E-state index >= 15 is 0 Å². The van der Waals surface area contributed by atoms with Gasteiger partial charge in [0.15, 0.2) is 0 Å². The maximum Gasteiger partial charge on any atom is 0.220 e. The molecule has 2 unspecified atom stereocenters. The molecule has 1 amide bonds. The summed E-state index contributed by atoms with van der Waals surface area (Å²) >= 11 is 0. The molecule has 0 aliphatic heterocycles. The second-order valence-electron chi connectivity index (χ2n) is 5.90. The van der Waals surface area contributed by atoms with E-state index < -0.39 is 0 Å². The zero-order valence-electron chi connectivity index (χ0n) is 11.0. The highest BCUT2D eigenvalue weighted by Gasteiger charge is 2.29. The number of amides is 1. The summed E-state index contributed by atoms with van der Waals surface area (Å²) in [5, 5.41) is 3.79. The molecule has 2 atom stereocenters. The maximum atomic E-state index is 11.1. The van der Waals surface area contributed by atoms with E-state index in [4.69, 9.17) is 5.73 Å². The van der Waals surface area contributed by atoms with Gasteiger partial charge in [-0.2, -0.15) is 0 Å². The molecule has 3 N–H and O–H groups in total. The SMILES string of the molecule is CCC1CCC(NC2CCC(C(N)=O)CC2)C1. The summed E-state index contributed by atoms with van der Waals surface area (Å²) in [6.45, 7) is 2.30. The molecule has 0 aromatic carbocycles. The Balaban J connectivity index is 1.70. The molecule has 2 aliphatic rings. The summed E-state index contributed by atoms with van der Waals surface area (Å²) in [6, 6.07) is 1.36. The van der Waals surface area contributed by atoms with E-state index in [-0.39, 0.29) is 11.8 Å². The lowest BCUT2D eigenvalue weighted by molar-refractivity contribution is -0.122. The summed E-state index contributed by atoms with van der Waals surface area (Å²) in [5.74, 6) is 0.977. The van der Waals surface area contributed by atoms with Gasteiger partial charge in [0.2, 0.25) is 5.91 Å². The van der Waals surface area contributed by atoms with Crippen LogP contribution < -0.4 is 11.1 Å². The number of carbonyl (C=O) groups is 1. The Bertz CT molecular complexity index is 259. The Morgan fingerprint density at radius 2 is 1.76 bits per heavy atom. The molecule has 2 rings (SSSR count). The van der Waals surface area contributed by atoms with Crippen molar-refractivity contribution in [3.63, 3.8) is 0 Å². The van der Waals surface area contributed by atoms with Crippen molar-refractivity contribution in [3.8, 4) is 0 Å². The fraction of sp³-hybridized carbons (Fsp3) is 0.929. The first-order valence-electron chi connectivity index (χ1n) is 7.24. The smallest absolute Gasteiger partial charge is 0.220 e. The lowest BCUT2D eigenvalue weighted by atomic mass is 9.85. The zero-order valence-corrected chi connectivity index (χ0v) is 11.0. The minimum absolute atomic E-state index is 0.102. The molecule has 0 spiro atoms. The molecule has 3 nitrogen and oxygen atoms in total. The van der Waals surface area contributed by atoms with Gasteiger partial charge in [0, 0.05) is 18.0 Å². The van der Waals surface area contributed by atoms with Gasteiger partial charge in [0.05, 0.1) is 0 Å². The van der Waals surface area contributed by atoms with E-state index in [0.717, 1.165) is 37.6 Å². The third-order valence-corrected chi connectivity index (χ3v) is 4.72. The molecular formula is C14H26N2O. The summed E-state index contributed by atoms with van der Waals surface area (Å²) in [5.41, 5.74) is 5.35. The van der Waals surface area contributed by atoms with Gasteiger partial charge >= 0.3 is 0 Å². The fourth-order valence-electron chi connectivity index (χ4n) is 3.48. The number of nitrogens with two attached hydrogens (primary N) is 1. The third kappa shape index (κ3) is 3.44. The van der Waals surface area contributed by atoms with Crippen LogP contribution in [0.1, 0.15) is 58.3 Å². The Kier molecular flexibility index (Phi) is 4.43. The van der Waals surface area contributed by atoms with Crippen LogP contribution in [0.15, 0.2) is 0 Å². The van der Waals surface area contributed by atoms with Gasteiger partial charge in [-0.05, 0) is 50.9 Å². The van der Waals surface area contributed by atoms with Crippen LogP contribution in [0.3, 0.4) is 0 Å². The predicted molar refractivity (Wildman–Crippen MR) is 69.5 cm³/mol. The monoisotopic (exact) mass is 238 g/mol. The van der Waals surface area contributed by atoms with Gasteiger partial charge < -0.3 is 11.1 Å². The second-order valence-corrected chi connectivity index (χ2v) is 5.90. The van der Waals surface area contributed by atoms with Crippen molar-refractivity contribution in [2.45, 2.75) is 70.4 Å². The largest absolute Gasteiger partial charge is 0.369 e. The van der Waals surface area contributed by atoms with E-state index in [2.05, 4.69) is 12.2 Å². The zero-order chi connectivity index (χ0) is 12.3. The average molecular weight is 238 g/mol. The highest BCUT2D eigenvalue weighted by atomic mass is 16.1. The lowest BCUT2D eigenvalue weighted by Gasteiger charge is -2.30. The molecule has 2 aliphatic carbocycles. The van der Waals surface area contributed by atoms with E-state index in [1.165, 1.54) is 25.7 Å². The normalized spacial score (nSPS) is 38.2. The van der Waals surface area contributed by atoms with Crippen molar-refractivity contribution in [3.05, 3.63) is 0 Å². The number of rotatable bonds is 4. The Morgan fingerprint density at radius 3 is 2.29 bits per heavy atom. The standard InChI is InChI=1S/C14H26N2O/c1-2-10-3-6-13(9-10)16-12-7-4-11(5-8-12)14(15)17/h10-13,16H,2-9H2,1H3,(H2,15,17). The van der Waals surface area contributed by atoms with Crippen molar-refractivity contribution in [2.24, 2.45) is 17.6 Å². The average Bonchev–Trinajstić information content (AvgIpc) is 2.77. The van der Waals surface area contributed by atoms with Crippen LogP contribution in [0, 0.1) is 11.8 Å². The van der Waals surface area contributed by atoms with Crippen LogP contribution in [0.5, 0.6) is 0 Å². The first-order valence-corrected chi connectivity index (χ1v) is 7.24. The molecule has 2 saturated carbocycles. The van der Waals surface area contributed by atoms with Crippen molar-refractivity contribution in [1.29, 1.82) is 0 Å². The van der Waals surface area contributed by atoms with Crippen LogP contribution >= 0.6 is 0 Å². The second kappa shape index (κ2) is 5.85. The third-order valence-electron chi connectivity index (χ3n) is 4.72. The molecule has 0 aromatic heterocycles. The summed E-state index contributed by atoms with van der Waals surface area (Å²) in [4.78, 5) is 11.1. The lowest BCUT2D eigenvalue weighted by Crippen LogP contribution is -2.41. The van der Waals surface area contributed by atoms with Gasteiger partial charge in [-0.25, -0.2) is 0 Å². The number of primary amides is 1. The van der Waals surface area contributed by atoms with Crippen molar-refractivity contribution in [2.75, 3.05) is 0 Å². The minimum Gasteiger partial charge on any atom is -0.369 e. The molecule has 0 radical (unpaired) electrons. The first kappa shape index (κ1) is 12.9. The molecule has 0 heterocycles. The van der Waals surface area contributed by atoms with E-state index in [9.17, 15) is 4.79 Å². The molecule has 0 aromatic rings. The van der Waals surface area contributed by atoms with Crippen LogP contribution in [0.4, 0.5) is 0 Å². The van der Waals surface area contributed by atoms with Crippen LogP contribution in [-0.4, -0.2) is 18.0 Å². The Morgan fingerprint density at radius 1 is 1.12 bits per heavy atom. The van der Waals surface area contributed by atoms with Gasteiger partial charge in [-0.3, -0.25) is 4.79 Å². The van der Waals surface area contributed by atoms with Crippen molar-refractivity contribution >= 4 is 5.91 Å². The van der Waals surface area contributed by atoms with Crippen LogP contribution in [0.2, 0.25) is 0 Å². The number of hydrogen-bond acceptors (Lipinski definition) is 2. The summed E-state index contributed by atoms with van der Waals surface area (Å²) in [6.07, 6.45) is 9.63. The van der Waals surface area contributed by atoms with E-state index in [1.807, 2.05) is 0 Å². The first-order chi connectivity index (χ1) is 8.19. The topological polar surface area (TPSA) is 55.1 Å². The fourth-order valence-corrected chi connectivity index (χ4v) is 3.48. The quantitative estimate of drug-likeness (QED) is 0.789. The van der Waals surface area contributed by atoms with Gasteiger partial charge in [0.25, 0.3) is 0 Å². The molecule has 17 heavy (non-hydrogen) atoms. The van der Waals surface area contributed by atoms with Crippen LogP contribution in [-0.2, 0) is 4.79 Å². The maximum absolute atomic E-state index is 11.1. The molecule has 0 saturated heterocycles. The van der Waals surface area contributed by atoms with Gasteiger partial charge in [-0.1, -0.05) is 13.3 Å². The van der Waals surface area contributed by atoms with Gasteiger partial charge in [-0.15, -0.1) is 0 Å². The molecule has 0 bridgehead atoms. The van der Waals surface area contributed by atoms with E-state index in [1.54, 1.807) is 0 Å². The Labute approximate surface area is 105 Å². The summed E-state index contributed by atoms with van der Waals surface area (Å²) < 4.78 is 0. The van der Waals surface area contributed by atoms with Crippen LogP contribution in [0.25, 0.3) is 0 Å². The highest BCUT2D eigenvalue weighted by Crippen LogP contribution is 2.30. The van der Waals surface area contributed by atoms with Gasteiger partial charge in [0.1, 0.15) is 0 Å². The molecule has 3 heteroatoms. The molecule has 2 fully saturated rings. The number of carbonyl (C=O) groups excluding carboxylic acids is 1.